The van der Waals surface area contributed by atoms with Crippen molar-refractivity contribution in [2.45, 2.75) is 65.7 Å². The number of imidazole rings is 1. The molecule has 0 aliphatic heterocycles. The Morgan fingerprint density at radius 2 is 1.32 bits per heavy atom. The molecule has 0 bridgehead atoms. The van der Waals surface area contributed by atoms with Gasteiger partial charge in [0.2, 0.25) is 0 Å². The number of para-hydroxylation sites is 3. The molecule has 0 amide bonds. The van der Waals surface area contributed by atoms with Gasteiger partial charge in [-0.15, -0.1) is 71.8 Å². The minimum absolute atomic E-state index is 0. The molecule has 50 heavy (non-hydrogen) atoms. The van der Waals surface area contributed by atoms with E-state index in [9.17, 15) is 0 Å². The van der Waals surface area contributed by atoms with E-state index in [-0.39, 0.29) is 25.5 Å². The van der Waals surface area contributed by atoms with Gasteiger partial charge in [0.15, 0.2) is 0 Å². The van der Waals surface area contributed by atoms with Crippen molar-refractivity contribution in [2.75, 3.05) is 0 Å². The maximum Gasteiger partial charge on any atom is 0.0774 e. The van der Waals surface area contributed by atoms with Gasteiger partial charge in [-0.1, -0.05) is 90.9 Å². The summed E-state index contributed by atoms with van der Waals surface area (Å²) in [5.74, 6) is -0.895. The molecule has 0 saturated carbocycles. The summed E-state index contributed by atoms with van der Waals surface area (Å²) in [6.07, 6.45) is 3.78. The van der Waals surface area contributed by atoms with Gasteiger partial charge in [-0.2, -0.15) is 0 Å². The minimum Gasteiger partial charge on any atom is -0.333 e. The zero-order valence-electron chi connectivity index (χ0n) is 31.7. The van der Waals surface area contributed by atoms with Crippen LogP contribution in [-0.2, 0) is 25.5 Å². The number of nitrogens with zero attached hydrogens (tertiary/aromatic N) is 4. The van der Waals surface area contributed by atoms with Crippen LogP contribution in [0.2, 0.25) is 0 Å². The molecule has 0 unspecified atom stereocenters. The van der Waals surface area contributed by atoms with Crippen LogP contribution < -0.4 is 0 Å². The van der Waals surface area contributed by atoms with Gasteiger partial charge in [-0.05, 0) is 64.0 Å². The van der Waals surface area contributed by atoms with E-state index in [1.165, 1.54) is 0 Å². The zero-order chi connectivity index (χ0) is 36.4. The Bertz CT molecular complexity index is 2210. The number of aromatic nitrogens is 4. The van der Waals surface area contributed by atoms with Crippen LogP contribution in [0.1, 0.15) is 79.8 Å². The fourth-order valence-electron chi connectivity index (χ4n) is 5.88. The molecule has 0 N–H and O–H groups in total. The fourth-order valence-corrected chi connectivity index (χ4v) is 5.88. The first-order chi connectivity index (χ1) is 24.2. The van der Waals surface area contributed by atoms with Crippen molar-refractivity contribution >= 4 is 11.0 Å². The van der Waals surface area contributed by atoms with Gasteiger partial charge in [0, 0.05) is 52.0 Å². The Labute approximate surface area is 313 Å². The minimum atomic E-state index is -0.834. The fraction of sp³-hybridized carbons (Fsp3) is 0.222. The van der Waals surface area contributed by atoms with Crippen molar-refractivity contribution in [3.8, 4) is 39.5 Å². The summed E-state index contributed by atoms with van der Waals surface area (Å²) in [5.41, 5.74) is 10.7. The third kappa shape index (κ3) is 8.02. The molecule has 3 aromatic heterocycles. The first-order valence-electron chi connectivity index (χ1n) is 17.7. The maximum absolute atomic E-state index is 8.80. The molecule has 3 heterocycles. The van der Waals surface area contributed by atoms with Crippen LogP contribution in [0.25, 0.3) is 50.5 Å². The number of pyridine rings is 2. The van der Waals surface area contributed by atoms with Crippen LogP contribution in [-0.4, -0.2) is 19.5 Å². The molecule has 0 spiro atoms. The van der Waals surface area contributed by atoms with E-state index in [2.05, 4.69) is 65.6 Å². The molecule has 5 heteroatoms. The Kier molecular flexibility index (Phi) is 10.7. The quantitative estimate of drug-likeness (QED) is 0.157. The Morgan fingerprint density at radius 3 is 1.90 bits per heavy atom. The molecule has 0 fully saturated rings. The maximum atomic E-state index is 8.80. The van der Waals surface area contributed by atoms with Crippen molar-refractivity contribution in [3.05, 3.63) is 157 Å². The van der Waals surface area contributed by atoms with Crippen LogP contribution in [0, 0.1) is 12.1 Å². The second kappa shape index (κ2) is 15.9. The van der Waals surface area contributed by atoms with E-state index in [1.807, 2.05) is 137 Å². The zero-order valence-corrected chi connectivity index (χ0v) is 32.1. The molecule has 7 aromatic rings. The molecule has 1 radical (unpaired) electrons. The summed E-state index contributed by atoms with van der Waals surface area (Å²) in [7, 11) is 0. The molecule has 7 rings (SSSR count). The van der Waals surface area contributed by atoms with Crippen molar-refractivity contribution < 1.29 is 22.8 Å². The van der Waals surface area contributed by atoms with Crippen LogP contribution >= 0.6 is 0 Å². The van der Waals surface area contributed by atoms with E-state index in [1.54, 1.807) is 0 Å². The van der Waals surface area contributed by atoms with Gasteiger partial charge in [0.25, 0.3) is 0 Å². The summed E-state index contributed by atoms with van der Waals surface area (Å²) >= 11 is 0. The van der Waals surface area contributed by atoms with E-state index >= 15 is 0 Å². The van der Waals surface area contributed by atoms with Gasteiger partial charge in [-0.3, -0.25) is 9.97 Å². The third-order valence-corrected chi connectivity index (χ3v) is 8.46. The number of benzene rings is 4. The third-order valence-electron chi connectivity index (χ3n) is 8.46. The molecule has 4 aromatic carbocycles. The van der Waals surface area contributed by atoms with Crippen molar-refractivity contribution in [1.82, 2.24) is 19.5 Å². The first-order valence-corrected chi connectivity index (χ1v) is 16.7. The van der Waals surface area contributed by atoms with Crippen molar-refractivity contribution in [2.24, 2.45) is 0 Å². The normalized spacial score (nSPS) is 12.3. The van der Waals surface area contributed by atoms with Gasteiger partial charge >= 0.3 is 0 Å². The standard InChI is InChI=1S/C25H25N2.C20H19N2.Ir/c1-17(2)20-13-10-14-21(18(3)4)24(20)27-23-16-9-8-15-22(23)26-25(27)19-11-6-5-7-12-19;1-20(2,3)19-10-9-17(14-22-19)16-11-12-21-18(13-16)15-7-5-4-6-8-15;/h5-11,13-18H,1-4H3;4-7,9-14H,1-3H3;/q2*-1;/i17D,18D;;. The molecule has 255 valence electrons. The topological polar surface area (TPSA) is 43.6 Å². The summed E-state index contributed by atoms with van der Waals surface area (Å²) in [6, 6.07) is 44.5. The Hall–Kier alpha value is -4.70. The summed E-state index contributed by atoms with van der Waals surface area (Å²) in [5, 5.41) is 0. The van der Waals surface area contributed by atoms with E-state index in [0.29, 0.717) is 0 Å². The number of hydrogen-bond donors (Lipinski definition) is 0. The average molecular weight is 835 g/mol. The summed E-state index contributed by atoms with van der Waals surface area (Å²) in [4.78, 5) is 14.0. The average Bonchev–Trinajstić information content (AvgIpc) is 3.51. The van der Waals surface area contributed by atoms with Gasteiger partial charge < -0.3 is 9.55 Å². The second-order valence-electron chi connectivity index (χ2n) is 13.6. The number of rotatable bonds is 6. The van der Waals surface area contributed by atoms with E-state index in [0.717, 1.165) is 67.3 Å². The second-order valence-corrected chi connectivity index (χ2v) is 13.6. The van der Waals surface area contributed by atoms with E-state index in [4.69, 9.17) is 7.73 Å². The van der Waals surface area contributed by atoms with Crippen LogP contribution in [0.3, 0.4) is 0 Å². The van der Waals surface area contributed by atoms with Gasteiger partial charge in [0.1, 0.15) is 0 Å². The molecule has 0 atom stereocenters. The molecule has 0 aliphatic carbocycles. The van der Waals surface area contributed by atoms with Crippen LogP contribution in [0.5, 0.6) is 0 Å². The first kappa shape index (κ1) is 33.8. The molecular formula is C45H44IrN4-2. The molecule has 0 saturated heterocycles. The van der Waals surface area contributed by atoms with Gasteiger partial charge in [0.05, 0.1) is 16.9 Å². The predicted molar refractivity (Wildman–Crippen MR) is 204 cm³/mol. The SMILES string of the molecule is CC(C)(C)c1ccc(-c2ccnc(-c3[c-]cccc3)c2)cn1.[2H]C(C)(C)c1cccc(C([2H])(C)C)c1-n1c(-c2[c-]cccc2)nc2ccccc21.[Ir]. The molecular weight excluding hydrogens is 789 g/mol. The predicted octanol–water partition coefficient (Wildman–Crippen LogP) is 11.6. The Balaban J connectivity index is 0.000000205. The van der Waals surface area contributed by atoms with Crippen molar-refractivity contribution in [1.29, 1.82) is 0 Å². The summed E-state index contributed by atoms with van der Waals surface area (Å²) < 4.78 is 19.7. The van der Waals surface area contributed by atoms with Gasteiger partial charge in [-0.25, -0.2) is 0 Å². The monoisotopic (exact) mass is 835 g/mol. The van der Waals surface area contributed by atoms with Crippen LogP contribution in [0.15, 0.2) is 128 Å². The van der Waals surface area contributed by atoms with E-state index < -0.39 is 11.8 Å². The molecule has 0 aliphatic rings. The smallest absolute Gasteiger partial charge is 0.0774 e. The Morgan fingerprint density at radius 1 is 0.680 bits per heavy atom. The molecule has 4 nitrogen and oxygen atoms in total. The largest absolute Gasteiger partial charge is 0.333 e. The summed E-state index contributed by atoms with van der Waals surface area (Å²) in [6.45, 7) is 14.1. The number of hydrogen-bond acceptors (Lipinski definition) is 3. The number of fused-ring (bicyclic) bond motifs is 1. The van der Waals surface area contributed by atoms with Crippen molar-refractivity contribution in [3.63, 3.8) is 0 Å². The van der Waals surface area contributed by atoms with Crippen LogP contribution in [0.4, 0.5) is 0 Å².